The fourth-order valence-electron chi connectivity index (χ4n) is 12.6. The first kappa shape index (κ1) is 91.3. The number of nitrogen functional groups attached to an aromatic ring is 1. The van der Waals surface area contributed by atoms with Crippen LogP contribution in [0.1, 0.15) is 197 Å². The molecule has 9 heterocycles. The number of nitrogens with one attached hydrogen (secondary N) is 2. The van der Waals surface area contributed by atoms with Crippen molar-refractivity contribution < 1.29 is 48.1 Å². The molecule has 25 heteroatoms. The number of likely N-dealkylation sites (tertiary alicyclic amines) is 3. The lowest BCUT2D eigenvalue weighted by Gasteiger charge is -2.32. The quantitative estimate of drug-likeness (QED) is 0.0126. The second-order valence-electron chi connectivity index (χ2n) is 26.0. The SMILES string of the molecule is C.C.COC(=O)CC(CCC1CCN(C(=O)CCCBr)CC1)c1cccnc1.COC(=O)CC(CCC1CCN(C(=O)CCCNc2ccccn2)CC1)c1cccnc1.Nc1ccccn1.O=C(Cl)CCCBr.O=C(O)CC(CCC1CCN(C(=O)CCCNc2ccccn2)CC1)c1cccnc1. The minimum atomic E-state index is -0.771. The Morgan fingerprint density at radius 2 is 0.829 bits per heavy atom. The molecule has 6 aromatic heterocycles. The largest absolute Gasteiger partial charge is 0.481 e. The van der Waals surface area contributed by atoms with Gasteiger partial charge in [0.15, 0.2) is 0 Å². The molecule has 3 amide bonds. The maximum atomic E-state index is 12.5. The van der Waals surface area contributed by atoms with Crippen LogP contribution in [0.15, 0.2) is 147 Å². The minimum absolute atomic E-state index is 0. The van der Waals surface area contributed by atoms with E-state index in [0.29, 0.717) is 62.1 Å². The number of nitrogens with two attached hydrogens (primary N) is 1. The molecule has 0 spiro atoms. The van der Waals surface area contributed by atoms with Crippen LogP contribution in [0.25, 0.3) is 0 Å². The number of carbonyl (C=O) groups is 7. The number of hydrogen-bond donors (Lipinski definition) is 4. The summed E-state index contributed by atoms with van der Waals surface area (Å²) in [5.74, 6) is 3.89. The molecule has 0 bridgehead atoms. The molecule has 3 fully saturated rings. The Kier molecular flexibility index (Phi) is 48.2. The van der Waals surface area contributed by atoms with Gasteiger partial charge < -0.3 is 45.6 Å². The molecule has 3 saturated heterocycles. The van der Waals surface area contributed by atoms with E-state index in [2.05, 4.69) is 72.4 Å². The predicted molar refractivity (Wildman–Crippen MR) is 425 cm³/mol. The summed E-state index contributed by atoms with van der Waals surface area (Å²) in [6.07, 6.45) is 34.3. The van der Waals surface area contributed by atoms with Crippen molar-refractivity contribution in [2.24, 2.45) is 17.8 Å². The lowest BCUT2D eigenvalue weighted by Crippen LogP contribution is -2.38. The zero-order valence-corrected chi connectivity index (χ0v) is 63.9. The van der Waals surface area contributed by atoms with Crippen LogP contribution in [0.4, 0.5) is 17.5 Å². The van der Waals surface area contributed by atoms with Crippen molar-refractivity contribution in [2.45, 2.75) is 180 Å². The number of rotatable bonds is 34. The average molecular weight is 1600 g/mol. The number of halogens is 3. The maximum absolute atomic E-state index is 12.5. The molecule has 3 unspecified atom stereocenters. The first-order chi connectivity index (χ1) is 50.1. The van der Waals surface area contributed by atoms with Gasteiger partial charge in [0.2, 0.25) is 23.0 Å². The molecule has 9 rings (SSSR count). The monoisotopic (exact) mass is 1600 g/mol. The number of alkyl halides is 2. The van der Waals surface area contributed by atoms with Crippen LogP contribution < -0.4 is 16.4 Å². The van der Waals surface area contributed by atoms with E-state index in [0.717, 1.165) is 194 Å². The van der Waals surface area contributed by atoms with Crippen LogP contribution >= 0.6 is 43.5 Å². The van der Waals surface area contributed by atoms with Crippen LogP contribution in [-0.2, 0) is 43.0 Å². The molecule has 0 aliphatic carbocycles. The normalized spacial score (nSPS) is 14.4. The summed E-state index contributed by atoms with van der Waals surface area (Å²) in [6.45, 7) is 6.45. The molecule has 3 aliphatic heterocycles. The average Bonchev–Trinajstić information content (AvgIpc) is 0.890. The molecule has 576 valence electrons. The number of aliphatic carboxylic acids is 1. The molecule has 3 atom stereocenters. The van der Waals surface area contributed by atoms with Gasteiger partial charge in [-0.3, -0.25) is 48.5 Å². The van der Waals surface area contributed by atoms with Gasteiger partial charge in [0.05, 0.1) is 33.5 Å². The van der Waals surface area contributed by atoms with Gasteiger partial charge in [-0.15, -0.1) is 0 Å². The molecule has 0 aromatic carbocycles. The Hall–Kier alpha value is -7.96. The highest BCUT2D eigenvalue weighted by atomic mass is 79.9. The second-order valence-corrected chi connectivity index (χ2v) is 28.0. The lowest BCUT2D eigenvalue weighted by atomic mass is 9.85. The number of carbonyl (C=O) groups excluding carboxylic acids is 6. The first-order valence-electron chi connectivity index (χ1n) is 36.2. The van der Waals surface area contributed by atoms with Gasteiger partial charge >= 0.3 is 17.9 Å². The number of piperidine rings is 3. The van der Waals surface area contributed by atoms with Crippen LogP contribution in [0.3, 0.4) is 0 Å². The van der Waals surface area contributed by atoms with Gasteiger partial charge in [-0.2, -0.15) is 0 Å². The summed E-state index contributed by atoms with van der Waals surface area (Å²) in [7, 11) is 2.87. The van der Waals surface area contributed by atoms with Crippen molar-refractivity contribution in [1.29, 1.82) is 0 Å². The second kappa shape index (κ2) is 55.5. The van der Waals surface area contributed by atoms with Gasteiger partial charge in [0.1, 0.15) is 17.5 Å². The summed E-state index contributed by atoms with van der Waals surface area (Å²) in [6, 6.07) is 28.6. The minimum Gasteiger partial charge on any atom is -0.481 e. The van der Waals surface area contributed by atoms with Crippen molar-refractivity contribution in [3.63, 3.8) is 0 Å². The molecular weight excluding hydrogens is 1480 g/mol. The van der Waals surface area contributed by atoms with Gasteiger partial charge in [-0.05, 0) is 221 Å². The fraction of sp³-hybridized carbons (Fsp3) is 0.537. The zero-order valence-electron chi connectivity index (χ0n) is 60.0. The number of ether oxygens (including phenoxy) is 2. The number of hydrogen-bond acceptors (Lipinski definition) is 18. The molecule has 5 N–H and O–H groups in total. The first-order valence-corrected chi connectivity index (χ1v) is 38.8. The number of anilines is 3. The van der Waals surface area contributed by atoms with Crippen molar-refractivity contribution in [3.8, 4) is 0 Å². The Balaban J connectivity index is 0.000000371. The van der Waals surface area contributed by atoms with E-state index in [1.807, 2.05) is 112 Å². The number of aromatic nitrogens is 6. The van der Waals surface area contributed by atoms with E-state index in [9.17, 15) is 38.7 Å². The van der Waals surface area contributed by atoms with Crippen molar-refractivity contribution >= 4 is 102 Å². The Labute approximate surface area is 645 Å². The van der Waals surface area contributed by atoms with Crippen molar-refractivity contribution in [3.05, 3.63) is 163 Å². The predicted octanol–water partition coefficient (Wildman–Crippen LogP) is 15.8. The highest BCUT2D eigenvalue weighted by molar-refractivity contribution is 9.09. The summed E-state index contributed by atoms with van der Waals surface area (Å²) < 4.78 is 9.75. The number of pyridine rings is 6. The summed E-state index contributed by atoms with van der Waals surface area (Å²) in [5, 5.41) is 17.2. The van der Waals surface area contributed by atoms with E-state index < -0.39 is 5.97 Å². The van der Waals surface area contributed by atoms with Gasteiger partial charge in [-0.25, -0.2) is 15.0 Å². The number of nitrogens with zero attached hydrogens (tertiary/aromatic N) is 9. The topological polar surface area (TPSA) is 295 Å². The van der Waals surface area contributed by atoms with E-state index in [1.165, 1.54) is 14.2 Å². The highest BCUT2D eigenvalue weighted by Crippen LogP contribution is 2.34. The number of amides is 3. The zero-order chi connectivity index (χ0) is 74.1. The fourth-order valence-corrected chi connectivity index (χ4v) is 13.3. The molecule has 0 radical (unpaired) electrons. The number of esters is 2. The van der Waals surface area contributed by atoms with E-state index in [-0.39, 0.29) is 73.9 Å². The molecule has 105 heavy (non-hydrogen) atoms. The van der Waals surface area contributed by atoms with Crippen molar-refractivity contribution in [1.82, 2.24) is 44.6 Å². The Bertz CT molecular complexity index is 3290. The molecular formula is C80H115Br2ClN12O10. The third kappa shape index (κ3) is 39.3. The Morgan fingerprint density at radius 3 is 1.10 bits per heavy atom. The third-order valence-electron chi connectivity index (χ3n) is 18.6. The lowest BCUT2D eigenvalue weighted by molar-refractivity contribution is -0.142. The van der Waals surface area contributed by atoms with Gasteiger partial charge in [-0.1, -0.05) is 83.1 Å². The standard InChI is InChI=1S/C25H34N4O3.C24H32N4O3.C20H29BrN2O3.C5H6N2.C4H6BrClO.2CH4/c1-32-25(31)18-21(22-6-4-13-26-19-22)10-9-20-11-16-29(17-12-20)24(30)8-5-15-28-23-7-2-3-14-27-23;29-23(7-4-14-27-22-6-1-2-13-26-22)28-15-10-19(11-16-28)8-9-20(17-24(30)31)21-5-3-12-25-18-21;1-26-20(25)14-17(18-4-3-11-22-15-18)7-6-16-8-12-23(13-9-16)19(24)5-2-10-21;6-5-3-1-2-4-7-5;5-3-1-2-4(6)7;;/h2-4,6-7,13-14,19-21H,5,8-12,15-18H2,1H3,(H,27,28);1-3,5-6,12-13,18-20H,4,7-11,14-17H2,(H,26,27)(H,30,31);3-4,11,15-17H,2,5-10,12-14H2,1H3;1-4H,(H2,6,7);1-3H2;2*1H4. The van der Waals surface area contributed by atoms with Crippen LogP contribution in [-0.4, -0.2) is 168 Å². The van der Waals surface area contributed by atoms with E-state index in [1.54, 1.807) is 49.4 Å². The third-order valence-corrected chi connectivity index (χ3v) is 19.9. The number of carboxylic acids is 1. The molecule has 22 nitrogen and oxygen atoms in total. The Morgan fingerprint density at radius 1 is 0.486 bits per heavy atom. The molecule has 6 aromatic rings. The van der Waals surface area contributed by atoms with Crippen molar-refractivity contribution in [2.75, 3.05) is 93.6 Å². The molecule has 0 saturated carbocycles. The highest BCUT2D eigenvalue weighted by Gasteiger charge is 2.28. The van der Waals surface area contributed by atoms with Gasteiger partial charge in [0.25, 0.3) is 0 Å². The number of carboxylic acid groups (broad SMARTS) is 1. The van der Waals surface area contributed by atoms with E-state index >= 15 is 0 Å². The van der Waals surface area contributed by atoms with Crippen LogP contribution in [0, 0.1) is 17.8 Å². The summed E-state index contributed by atoms with van der Waals surface area (Å²) in [4.78, 5) is 113. The van der Waals surface area contributed by atoms with E-state index in [4.69, 9.17) is 26.8 Å². The summed E-state index contributed by atoms with van der Waals surface area (Å²) >= 11 is 11.5. The van der Waals surface area contributed by atoms with Gasteiger partial charge in [0, 0.05) is 144 Å². The van der Waals surface area contributed by atoms with Crippen LogP contribution in [0.2, 0.25) is 0 Å². The van der Waals surface area contributed by atoms with Crippen LogP contribution in [0.5, 0.6) is 0 Å². The number of methoxy groups -OCH3 is 2. The summed E-state index contributed by atoms with van der Waals surface area (Å²) in [5.41, 5.74) is 8.43. The molecule has 3 aliphatic rings. The maximum Gasteiger partial charge on any atom is 0.306 e. The smallest absolute Gasteiger partial charge is 0.306 e.